The molecule has 0 spiro atoms. The second kappa shape index (κ2) is 6.28. The maximum absolute atomic E-state index is 10.6. The minimum absolute atomic E-state index is 0.485. The summed E-state index contributed by atoms with van der Waals surface area (Å²) >= 11 is 0. The Morgan fingerprint density at radius 2 is 1.83 bits per heavy atom. The number of nitrogens with two attached hydrogens (primary N) is 1. The van der Waals surface area contributed by atoms with E-state index >= 15 is 0 Å². The molecule has 0 saturated heterocycles. The van der Waals surface area contributed by atoms with Crippen LogP contribution < -0.4 is 16.4 Å². The Hall–Kier alpha value is -1.71. The van der Waals surface area contributed by atoms with Crippen LogP contribution in [-0.4, -0.2) is 12.1 Å². The predicted octanol–water partition coefficient (Wildman–Crippen LogP) is 2.60. The van der Waals surface area contributed by atoms with Crippen molar-refractivity contribution in [2.75, 3.05) is 5.32 Å². The number of anilines is 1. The number of hydrogen-bond acceptors (Lipinski definition) is 2. The molecule has 0 unspecified atom stereocenters. The monoisotopic (exact) mass is 247 g/mol. The molecule has 4 nitrogen and oxygen atoms in total. The molecule has 1 saturated carbocycles. The molecule has 0 bridgehead atoms. The lowest BCUT2D eigenvalue weighted by Gasteiger charge is -2.23. The van der Waals surface area contributed by atoms with Gasteiger partial charge in [0.25, 0.3) is 0 Å². The highest BCUT2D eigenvalue weighted by molar-refractivity contribution is 5.71. The summed E-state index contributed by atoms with van der Waals surface area (Å²) < 4.78 is 0. The van der Waals surface area contributed by atoms with Crippen molar-refractivity contribution in [3.05, 3.63) is 29.8 Å². The number of amides is 2. The molecule has 2 amide bonds. The van der Waals surface area contributed by atoms with E-state index in [4.69, 9.17) is 5.73 Å². The van der Waals surface area contributed by atoms with Crippen LogP contribution in [-0.2, 0) is 6.54 Å². The van der Waals surface area contributed by atoms with E-state index in [1.807, 2.05) is 12.1 Å². The van der Waals surface area contributed by atoms with Crippen LogP contribution in [0.5, 0.6) is 0 Å². The molecule has 4 heteroatoms. The smallest absolute Gasteiger partial charge is 0.312 e. The molecule has 1 aliphatic rings. The van der Waals surface area contributed by atoms with Gasteiger partial charge in [0, 0.05) is 18.3 Å². The molecule has 0 atom stereocenters. The zero-order valence-corrected chi connectivity index (χ0v) is 10.6. The number of primary amides is 1. The first-order valence-corrected chi connectivity index (χ1v) is 6.63. The molecule has 1 aliphatic carbocycles. The van der Waals surface area contributed by atoms with Crippen LogP contribution in [0.4, 0.5) is 10.5 Å². The highest BCUT2D eigenvalue weighted by Gasteiger charge is 2.12. The van der Waals surface area contributed by atoms with Gasteiger partial charge in [0.1, 0.15) is 0 Å². The van der Waals surface area contributed by atoms with E-state index in [0.29, 0.717) is 12.6 Å². The lowest BCUT2D eigenvalue weighted by atomic mass is 9.95. The summed E-state index contributed by atoms with van der Waals surface area (Å²) in [6, 6.07) is 8.29. The van der Waals surface area contributed by atoms with E-state index in [2.05, 4.69) is 22.8 Å². The molecular weight excluding hydrogens is 226 g/mol. The number of rotatable bonds is 4. The van der Waals surface area contributed by atoms with Gasteiger partial charge in [-0.2, -0.15) is 0 Å². The Balaban J connectivity index is 1.84. The van der Waals surface area contributed by atoms with Crippen LogP contribution in [0.3, 0.4) is 0 Å². The third kappa shape index (κ3) is 3.95. The second-order valence-electron chi connectivity index (χ2n) is 4.89. The van der Waals surface area contributed by atoms with Crippen molar-refractivity contribution >= 4 is 11.7 Å². The number of benzene rings is 1. The SMILES string of the molecule is NC(=O)NCc1ccc(NC2CCCCC2)cc1. The number of urea groups is 1. The first-order valence-electron chi connectivity index (χ1n) is 6.63. The molecular formula is C14H21N3O. The molecule has 2 rings (SSSR count). The van der Waals surface area contributed by atoms with Gasteiger partial charge >= 0.3 is 6.03 Å². The largest absolute Gasteiger partial charge is 0.382 e. The zero-order valence-electron chi connectivity index (χ0n) is 10.6. The summed E-state index contributed by atoms with van der Waals surface area (Å²) in [7, 11) is 0. The van der Waals surface area contributed by atoms with Gasteiger partial charge in [0.15, 0.2) is 0 Å². The molecule has 0 aliphatic heterocycles. The van der Waals surface area contributed by atoms with Crippen molar-refractivity contribution in [1.29, 1.82) is 0 Å². The highest BCUT2D eigenvalue weighted by atomic mass is 16.2. The fourth-order valence-electron chi connectivity index (χ4n) is 2.39. The van der Waals surface area contributed by atoms with Gasteiger partial charge in [-0.25, -0.2) is 4.79 Å². The molecule has 18 heavy (non-hydrogen) atoms. The Morgan fingerprint density at radius 1 is 1.17 bits per heavy atom. The summed E-state index contributed by atoms with van der Waals surface area (Å²) in [5.74, 6) is 0. The molecule has 1 aromatic rings. The van der Waals surface area contributed by atoms with E-state index in [-0.39, 0.29) is 0 Å². The maximum atomic E-state index is 10.6. The van der Waals surface area contributed by atoms with E-state index in [9.17, 15) is 4.79 Å². The third-order valence-electron chi connectivity index (χ3n) is 3.40. The van der Waals surface area contributed by atoms with Gasteiger partial charge in [-0.3, -0.25) is 0 Å². The van der Waals surface area contributed by atoms with Gasteiger partial charge in [-0.15, -0.1) is 0 Å². The fraction of sp³-hybridized carbons (Fsp3) is 0.500. The lowest BCUT2D eigenvalue weighted by Crippen LogP contribution is -2.28. The summed E-state index contributed by atoms with van der Waals surface area (Å²) in [5, 5.41) is 6.14. The second-order valence-corrected chi connectivity index (χ2v) is 4.89. The van der Waals surface area contributed by atoms with Crippen LogP contribution in [0.15, 0.2) is 24.3 Å². The first-order chi connectivity index (χ1) is 8.74. The van der Waals surface area contributed by atoms with Crippen molar-refractivity contribution in [3.63, 3.8) is 0 Å². The van der Waals surface area contributed by atoms with Crippen LogP contribution in [0, 0.1) is 0 Å². The van der Waals surface area contributed by atoms with Gasteiger partial charge in [-0.05, 0) is 30.5 Å². The van der Waals surface area contributed by atoms with Crippen LogP contribution >= 0.6 is 0 Å². The van der Waals surface area contributed by atoms with Gasteiger partial charge in [-0.1, -0.05) is 31.4 Å². The van der Waals surface area contributed by atoms with E-state index in [1.165, 1.54) is 32.1 Å². The van der Waals surface area contributed by atoms with Gasteiger partial charge in [0.05, 0.1) is 0 Å². The summed E-state index contributed by atoms with van der Waals surface area (Å²) in [4.78, 5) is 10.6. The molecule has 4 N–H and O–H groups in total. The average molecular weight is 247 g/mol. The number of nitrogens with one attached hydrogen (secondary N) is 2. The standard InChI is InChI=1S/C14H21N3O/c15-14(18)16-10-11-6-8-13(9-7-11)17-12-4-2-1-3-5-12/h6-9,12,17H,1-5,10H2,(H3,15,16,18). The Kier molecular flexibility index (Phi) is 4.45. The predicted molar refractivity (Wildman–Crippen MR) is 73.4 cm³/mol. The van der Waals surface area contributed by atoms with Crippen molar-refractivity contribution in [2.24, 2.45) is 5.73 Å². The highest BCUT2D eigenvalue weighted by Crippen LogP contribution is 2.21. The molecule has 0 heterocycles. The minimum Gasteiger partial charge on any atom is -0.382 e. The Labute approximate surface area is 108 Å². The van der Waals surface area contributed by atoms with E-state index < -0.39 is 6.03 Å². The summed E-state index contributed by atoms with van der Waals surface area (Å²) in [5.41, 5.74) is 7.25. The van der Waals surface area contributed by atoms with Crippen LogP contribution in [0.1, 0.15) is 37.7 Å². The first kappa shape index (κ1) is 12.7. The van der Waals surface area contributed by atoms with E-state index in [1.54, 1.807) is 0 Å². The average Bonchev–Trinajstić information content (AvgIpc) is 2.39. The van der Waals surface area contributed by atoms with Crippen LogP contribution in [0.25, 0.3) is 0 Å². The molecule has 98 valence electrons. The number of hydrogen-bond donors (Lipinski definition) is 3. The van der Waals surface area contributed by atoms with Crippen molar-refractivity contribution < 1.29 is 4.79 Å². The van der Waals surface area contributed by atoms with Crippen molar-refractivity contribution in [1.82, 2.24) is 5.32 Å². The van der Waals surface area contributed by atoms with Crippen molar-refractivity contribution in [3.8, 4) is 0 Å². The topological polar surface area (TPSA) is 67.2 Å². The Bertz CT molecular complexity index is 383. The van der Waals surface area contributed by atoms with Crippen molar-refractivity contribution in [2.45, 2.75) is 44.7 Å². The number of carbonyl (C=O) groups is 1. The van der Waals surface area contributed by atoms with Crippen LogP contribution in [0.2, 0.25) is 0 Å². The van der Waals surface area contributed by atoms with E-state index in [0.717, 1.165) is 11.3 Å². The van der Waals surface area contributed by atoms with Gasteiger partial charge in [0.2, 0.25) is 0 Å². The molecule has 0 aromatic heterocycles. The molecule has 1 aromatic carbocycles. The minimum atomic E-state index is -0.487. The quantitative estimate of drug-likeness (QED) is 0.765. The summed E-state index contributed by atoms with van der Waals surface area (Å²) in [6.45, 7) is 0.485. The third-order valence-corrected chi connectivity index (χ3v) is 3.40. The molecule has 0 radical (unpaired) electrons. The zero-order chi connectivity index (χ0) is 12.8. The number of carbonyl (C=O) groups excluding carboxylic acids is 1. The summed E-state index contributed by atoms with van der Waals surface area (Å²) in [6.07, 6.45) is 6.57. The maximum Gasteiger partial charge on any atom is 0.312 e. The Morgan fingerprint density at radius 3 is 2.44 bits per heavy atom. The fourth-order valence-corrected chi connectivity index (χ4v) is 2.39. The lowest BCUT2D eigenvalue weighted by molar-refractivity contribution is 0.248. The van der Waals surface area contributed by atoms with Gasteiger partial charge < -0.3 is 16.4 Å². The normalized spacial score (nSPS) is 16.2. The molecule has 1 fully saturated rings.